The van der Waals surface area contributed by atoms with Gasteiger partial charge in [-0.1, -0.05) is 11.6 Å². The van der Waals surface area contributed by atoms with Crippen LogP contribution in [0.1, 0.15) is 48.9 Å². The molecule has 33 heavy (non-hydrogen) atoms. The van der Waals surface area contributed by atoms with Gasteiger partial charge in [0.25, 0.3) is 5.91 Å². The monoisotopic (exact) mass is 482 g/mol. The third-order valence-corrected chi connectivity index (χ3v) is 7.56. The van der Waals surface area contributed by atoms with Gasteiger partial charge >= 0.3 is 0 Å². The zero-order valence-corrected chi connectivity index (χ0v) is 20.1. The second-order valence-electron chi connectivity index (χ2n) is 9.88. The Morgan fingerprint density at radius 1 is 1.09 bits per heavy atom. The number of hydrogen-bond acceptors (Lipinski definition) is 4. The average molecular weight is 483 g/mol. The summed E-state index contributed by atoms with van der Waals surface area (Å²) in [7, 11) is 3.40. The summed E-state index contributed by atoms with van der Waals surface area (Å²) in [5, 5.41) is 3.92. The lowest BCUT2D eigenvalue weighted by atomic mass is 9.85. The number of alkyl halides is 2. The molecule has 1 saturated carbocycles. The van der Waals surface area contributed by atoms with Crippen molar-refractivity contribution >= 4 is 29.1 Å². The number of rotatable bonds is 5. The minimum atomic E-state index is -2.59. The maximum Gasteiger partial charge on any atom is 0.254 e. The Bertz CT molecular complexity index is 873. The SMILES string of the molecule is CN(C)C(=O)c1ccc(NC2CN(C3CCN(C(=O)C4CCC(F)(F)CC4)CC3)C2)cc1Cl. The number of halogens is 3. The normalized spacial score (nSPS) is 22.6. The lowest BCUT2D eigenvalue weighted by Gasteiger charge is -2.48. The van der Waals surface area contributed by atoms with Crippen LogP contribution in [0.3, 0.4) is 0 Å². The van der Waals surface area contributed by atoms with Gasteiger partial charge in [-0.2, -0.15) is 0 Å². The molecule has 2 heterocycles. The largest absolute Gasteiger partial charge is 0.380 e. The molecule has 2 aliphatic heterocycles. The van der Waals surface area contributed by atoms with Crippen LogP contribution in [-0.4, -0.2) is 84.8 Å². The van der Waals surface area contributed by atoms with Crippen molar-refractivity contribution in [3.8, 4) is 0 Å². The number of hydrogen-bond donors (Lipinski definition) is 1. The van der Waals surface area contributed by atoms with Gasteiger partial charge in [-0.3, -0.25) is 14.5 Å². The maximum atomic E-state index is 13.4. The minimum absolute atomic E-state index is 0.0696. The van der Waals surface area contributed by atoms with Crippen molar-refractivity contribution < 1.29 is 18.4 Å². The van der Waals surface area contributed by atoms with Crippen molar-refractivity contribution in [2.45, 2.75) is 56.5 Å². The molecule has 1 N–H and O–H groups in total. The van der Waals surface area contributed by atoms with Crippen molar-refractivity contribution in [3.63, 3.8) is 0 Å². The summed E-state index contributed by atoms with van der Waals surface area (Å²) >= 11 is 6.31. The molecule has 6 nitrogen and oxygen atoms in total. The Kier molecular flexibility index (Phi) is 7.15. The van der Waals surface area contributed by atoms with Gasteiger partial charge in [-0.05, 0) is 43.9 Å². The highest BCUT2D eigenvalue weighted by Crippen LogP contribution is 2.37. The lowest BCUT2D eigenvalue weighted by molar-refractivity contribution is -0.141. The van der Waals surface area contributed by atoms with Gasteiger partial charge in [0.2, 0.25) is 11.8 Å². The Balaban J connectivity index is 1.20. The molecule has 3 aliphatic rings. The van der Waals surface area contributed by atoms with Gasteiger partial charge in [0.05, 0.1) is 16.6 Å². The number of anilines is 1. The van der Waals surface area contributed by atoms with Crippen LogP contribution >= 0.6 is 11.6 Å². The summed E-state index contributed by atoms with van der Waals surface area (Å²) in [5.74, 6) is -2.87. The summed E-state index contributed by atoms with van der Waals surface area (Å²) in [4.78, 5) is 30.7. The standard InChI is InChI=1S/C24H33ClF2N4O2/c1-29(2)23(33)20-4-3-17(13-21(20)25)28-18-14-31(15-18)19-7-11-30(12-8-19)22(32)16-5-9-24(26,27)10-6-16/h3-4,13,16,18-19,28H,5-12,14-15H2,1-2H3. The number of benzene rings is 1. The number of piperidine rings is 1. The topological polar surface area (TPSA) is 55.9 Å². The van der Waals surface area contributed by atoms with Crippen molar-refractivity contribution in [3.05, 3.63) is 28.8 Å². The molecule has 0 atom stereocenters. The van der Waals surface area contributed by atoms with Crippen LogP contribution in [0.4, 0.5) is 14.5 Å². The molecule has 0 radical (unpaired) electrons. The van der Waals surface area contributed by atoms with Crippen LogP contribution in [0.2, 0.25) is 5.02 Å². The zero-order valence-electron chi connectivity index (χ0n) is 19.3. The molecule has 2 amide bonds. The molecule has 182 valence electrons. The summed E-state index contributed by atoms with van der Waals surface area (Å²) in [5.41, 5.74) is 1.39. The van der Waals surface area contributed by atoms with Crippen LogP contribution < -0.4 is 5.32 Å². The second-order valence-corrected chi connectivity index (χ2v) is 10.3. The molecule has 0 spiro atoms. The van der Waals surface area contributed by atoms with Gasteiger partial charge < -0.3 is 15.1 Å². The molecule has 2 saturated heterocycles. The number of carbonyl (C=O) groups excluding carboxylic acids is 2. The number of nitrogens with zero attached hydrogens (tertiary/aromatic N) is 3. The molecular weight excluding hydrogens is 450 g/mol. The van der Waals surface area contributed by atoms with E-state index >= 15 is 0 Å². The van der Waals surface area contributed by atoms with E-state index in [9.17, 15) is 18.4 Å². The second kappa shape index (κ2) is 9.74. The summed E-state index contributed by atoms with van der Waals surface area (Å²) in [6.45, 7) is 3.27. The van der Waals surface area contributed by atoms with E-state index in [1.54, 1.807) is 26.2 Å². The van der Waals surface area contributed by atoms with Crippen molar-refractivity contribution in [2.75, 3.05) is 45.6 Å². The molecule has 1 aliphatic carbocycles. The van der Waals surface area contributed by atoms with E-state index in [0.717, 1.165) is 31.6 Å². The van der Waals surface area contributed by atoms with Crippen LogP contribution in [0.15, 0.2) is 18.2 Å². The molecule has 0 bridgehead atoms. The Hall–Kier alpha value is -1.93. The third kappa shape index (κ3) is 5.60. The maximum absolute atomic E-state index is 13.4. The first-order valence-electron chi connectivity index (χ1n) is 11.8. The van der Waals surface area contributed by atoms with E-state index in [2.05, 4.69) is 10.2 Å². The minimum Gasteiger partial charge on any atom is -0.380 e. The molecule has 1 aromatic rings. The molecule has 4 rings (SSSR count). The molecule has 1 aromatic carbocycles. The smallest absolute Gasteiger partial charge is 0.254 e. The number of carbonyl (C=O) groups is 2. The van der Waals surface area contributed by atoms with Gasteiger partial charge in [0, 0.05) is 70.8 Å². The van der Waals surface area contributed by atoms with Crippen molar-refractivity contribution in [2.24, 2.45) is 5.92 Å². The summed E-state index contributed by atoms with van der Waals surface area (Å²) in [6.07, 6.45) is 2.13. The van der Waals surface area contributed by atoms with Gasteiger partial charge in [-0.25, -0.2) is 8.78 Å². The fourth-order valence-corrected chi connectivity index (χ4v) is 5.42. The van der Waals surface area contributed by atoms with E-state index in [-0.39, 0.29) is 30.6 Å². The molecule has 0 unspecified atom stereocenters. The van der Waals surface area contributed by atoms with E-state index < -0.39 is 5.92 Å². The first-order valence-corrected chi connectivity index (χ1v) is 12.2. The fourth-order valence-electron chi connectivity index (χ4n) is 5.15. The van der Waals surface area contributed by atoms with Crippen molar-refractivity contribution in [1.82, 2.24) is 14.7 Å². The fraction of sp³-hybridized carbons (Fsp3) is 0.667. The van der Waals surface area contributed by atoms with Crippen LogP contribution in [0, 0.1) is 5.92 Å². The number of amides is 2. The van der Waals surface area contributed by atoms with Crippen molar-refractivity contribution in [1.29, 1.82) is 0 Å². The van der Waals surface area contributed by atoms with Crippen LogP contribution in [0.25, 0.3) is 0 Å². The predicted molar refractivity (Wildman–Crippen MR) is 125 cm³/mol. The quantitative estimate of drug-likeness (QED) is 0.690. The van der Waals surface area contributed by atoms with Gasteiger partial charge in [0.15, 0.2) is 0 Å². The lowest BCUT2D eigenvalue weighted by Crippen LogP contribution is -2.60. The predicted octanol–water partition coefficient (Wildman–Crippen LogP) is 3.95. The molecule has 3 fully saturated rings. The van der Waals surface area contributed by atoms with Crippen LogP contribution in [0.5, 0.6) is 0 Å². The van der Waals surface area contributed by atoms with Gasteiger partial charge in [-0.15, -0.1) is 0 Å². The van der Waals surface area contributed by atoms with Crippen LogP contribution in [-0.2, 0) is 4.79 Å². The zero-order chi connectivity index (χ0) is 23.8. The third-order valence-electron chi connectivity index (χ3n) is 7.25. The molecular formula is C24H33ClF2N4O2. The van der Waals surface area contributed by atoms with E-state index in [0.29, 0.717) is 48.6 Å². The van der Waals surface area contributed by atoms with Gasteiger partial charge in [0.1, 0.15) is 0 Å². The first kappa shape index (κ1) is 24.2. The summed E-state index contributed by atoms with van der Waals surface area (Å²) in [6, 6.07) is 6.21. The number of nitrogens with one attached hydrogen (secondary N) is 1. The summed E-state index contributed by atoms with van der Waals surface area (Å²) < 4.78 is 26.8. The van der Waals surface area contributed by atoms with E-state index in [1.165, 1.54) is 4.90 Å². The Morgan fingerprint density at radius 3 is 2.30 bits per heavy atom. The Labute approximate surface area is 199 Å². The average Bonchev–Trinajstić information content (AvgIpc) is 2.75. The Morgan fingerprint density at radius 2 is 1.73 bits per heavy atom. The highest BCUT2D eigenvalue weighted by atomic mass is 35.5. The highest BCUT2D eigenvalue weighted by Gasteiger charge is 2.40. The van der Waals surface area contributed by atoms with E-state index in [4.69, 9.17) is 11.6 Å². The first-order chi connectivity index (χ1) is 15.6. The molecule has 0 aromatic heterocycles. The van der Waals surface area contributed by atoms with E-state index in [1.807, 2.05) is 11.0 Å². The highest BCUT2D eigenvalue weighted by molar-refractivity contribution is 6.34. The number of likely N-dealkylation sites (tertiary alicyclic amines) is 2. The molecule has 9 heteroatoms.